The van der Waals surface area contributed by atoms with Crippen LogP contribution in [0.2, 0.25) is 0 Å². The first-order valence-corrected chi connectivity index (χ1v) is 5.89. The number of benzene rings is 1. The summed E-state index contributed by atoms with van der Waals surface area (Å²) in [6.45, 7) is 2.42. The van der Waals surface area contributed by atoms with Gasteiger partial charge in [0.05, 0.1) is 12.1 Å². The molecule has 0 fully saturated rings. The van der Waals surface area contributed by atoms with Crippen molar-refractivity contribution in [3.05, 3.63) is 48.0 Å². The van der Waals surface area contributed by atoms with Gasteiger partial charge in [0.15, 0.2) is 0 Å². The smallest absolute Gasteiger partial charge is 0.253 e. The summed E-state index contributed by atoms with van der Waals surface area (Å²) < 4.78 is 14.6. The van der Waals surface area contributed by atoms with Crippen molar-refractivity contribution < 1.29 is 9.18 Å². The van der Waals surface area contributed by atoms with Crippen molar-refractivity contribution in [2.45, 2.75) is 19.5 Å². The number of amides is 1. The Kier molecular flexibility index (Phi) is 3.79. The Morgan fingerprint density at radius 2 is 2.37 bits per heavy atom. The maximum absolute atomic E-state index is 12.9. The minimum atomic E-state index is -0.460. The summed E-state index contributed by atoms with van der Waals surface area (Å²) >= 11 is 0. The van der Waals surface area contributed by atoms with Gasteiger partial charge in [0, 0.05) is 24.1 Å². The average Bonchev–Trinajstić information content (AvgIpc) is 2.81. The molecule has 1 aromatic heterocycles. The zero-order valence-electron chi connectivity index (χ0n) is 10.5. The van der Waals surface area contributed by atoms with Crippen LogP contribution < -0.4 is 11.1 Å². The van der Waals surface area contributed by atoms with Crippen molar-refractivity contribution in [2.24, 2.45) is 0 Å². The quantitative estimate of drug-likeness (QED) is 0.818. The molecule has 5 nitrogen and oxygen atoms in total. The Balaban J connectivity index is 2.00. The first-order valence-electron chi connectivity index (χ1n) is 5.89. The van der Waals surface area contributed by atoms with Crippen molar-refractivity contribution in [2.75, 3.05) is 5.73 Å². The average molecular weight is 262 g/mol. The Bertz CT molecular complexity index is 568. The van der Waals surface area contributed by atoms with Gasteiger partial charge >= 0.3 is 0 Å². The fraction of sp³-hybridized carbons (Fsp3) is 0.231. The molecule has 1 aromatic carbocycles. The van der Waals surface area contributed by atoms with Crippen LogP contribution in [0.3, 0.4) is 0 Å². The molecular formula is C13H15FN4O. The number of halogens is 1. The number of nitrogens with zero attached hydrogens (tertiary/aromatic N) is 2. The van der Waals surface area contributed by atoms with Crippen LogP contribution >= 0.6 is 0 Å². The van der Waals surface area contributed by atoms with E-state index in [-0.39, 0.29) is 23.2 Å². The molecule has 0 saturated carbocycles. The molecule has 0 bridgehead atoms. The monoisotopic (exact) mass is 262 g/mol. The number of nitrogen functional groups attached to an aromatic ring is 1. The molecule has 0 aliphatic carbocycles. The standard InChI is InChI=1S/C13H15FN4O/c1-9(8-18-6-2-5-16-18)17-13(19)11-4-3-10(14)7-12(11)15/h2-7,9H,8,15H2,1H3,(H,17,19). The fourth-order valence-electron chi connectivity index (χ4n) is 1.78. The predicted molar refractivity (Wildman–Crippen MR) is 70.0 cm³/mol. The second-order valence-electron chi connectivity index (χ2n) is 4.33. The number of anilines is 1. The summed E-state index contributed by atoms with van der Waals surface area (Å²) in [5.74, 6) is -0.782. The number of rotatable bonds is 4. The minimum Gasteiger partial charge on any atom is -0.398 e. The third-order valence-corrected chi connectivity index (χ3v) is 2.66. The molecule has 2 rings (SSSR count). The Labute approximate surface area is 110 Å². The van der Waals surface area contributed by atoms with Crippen LogP contribution in [-0.4, -0.2) is 21.7 Å². The fourth-order valence-corrected chi connectivity index (χ4v) is 1.78. The molecule has 1 heterocycles. The van der Waals surface area contributed by atoms with Crippen LogP contribution in [-0.2, 0) is 6.54 Å². The number of aromatic nitrogens is 2. The molecule has 1 atom stereocenters. The van der Waals surface area contributed by atoms with Gasteiger partial charge in [-0.05, 0) is 31.2 Å². The van der Waals surface area contributed by atoms with Crippen LogP contribution in [0.15, 0.2) is 36.7 Å². The second kappa shape index (κ2) is 5.51. The topological polar surface area (TPSA) is 72.9 Å². The van der Waals surface area contributed by atoms with Crippen molar-refractivity contribution in [3.8, 4) is 0 Å². The zero-order valence-corrected chi connectivity index (χ0v) is 10.5. The molecule has 100 valence electrons. The third-order valence-electron chi connectivity index (χ3n) is 2.66. The summed E-state index contributed by atoms with van der Waals surface area (Å²) in [5.41, 5.74) is 6.02. The third kappa shape index (κ3) is 3.31. The van der Waals surface area contributed by atoms with E-state index in [1.165, 1.54) is 12.1 Å². The normalized spacial score (nSPS) is 12.1. The van der Waals surface area contributed by atoms with Crippen LogP contribution in [0.25, 0.3) is 0 Å². The van der Waals surface area contributed by atoms with Gasteiger partial charge in [-0.2, -0.15) is 5.10 Å². The first-order chi connectivity index (χ1) is 9.06. The first kappa shape index (κ1) is 13.1. The van der Waals surface area contributed by atoms with E-state index in [0.717, 1.165) is 6.07 Å². The Morgan fingerprint density at radius 3 is 3.00 bits per heavy atom. The maximum atomic E-state index is 12.9. The van der Waals surface area contributed by atoms with E-state index in [9.17, 15) is 9.18 Å². The van der Waals surface area contributed by atoms with E-state index in [2.05, 4.69) is 10.4 Å². The van der Waals surface area contributed by atoms with Crippen molar-refractivity contribution in [3.63, 3.8) is 0 Å². The Morgan fingerprint density at radius 1 is 1.58 bits per heavy atom. The van der Waals surface area contributed by atoms with Crippen molar-refractivity contribution >= 4 is 11.6 Å². The highest BCUT2D eigenvalue weighted by atomic mass is 19.1. The molecule has 1 unspecified atom stereocenters. The SMILES string of the molecule is CC(Cn1cccn1)NC(=O)c1ccc(F)cc1N. The van der Waals surface area contributed by atoms with Gasteiger partial charge in [-0.3, -0.25) is 9.48 Å². The van der Waals surface area contributed by atoms with E-state index >= 15 is 0 Å². The number of nitrogens with one attached hydrogen (secondary N) is 1. The molecule has 0 radical (unpaired) electrons. The van der Waals surface area contributed by atoms with E-state index in [0.29, 0.717) is 6.54 Å². The Hall–Kier alpha value is -2.37. The largest absolute Gasteiger partial charge is 0.398 e. The zero-order chi connectivity index (χ0) is 13.8. The lowest BCUT2D eigenvalue weighted by Crippen LogP contribution is -2.36. The van der Waals surface area contributed by atoms with Crippen molar-refractivity contribution in [1.29, 1.82) is 0 Å². The number of carbonyl (C=O) groups is 1. The van der Waals surface area contributed by atoms with Gasteiger partial charge < -0.3 is 11.1 Å². The van der Waals surface area contributed by atoms with Crippen LogP contribution in [0, 0.1) is 5.82 Å². The molecule has 0 aliphatic rings. The minimum absolute atomic E-state index is 0.114. The molecule has 0 aliphatic heterocycles. The lowest BCUT2D eigenvalue weighted by Gasteiger charge is -2.14. The van der Waals surface area contributed by atoms with Gasteiger partial charge in [-0.25, -0.2) is 4.39 Å². The summed E-state index contributed by atoms with van der Waals surface area (Å²) in [5, 5.41) is 6.85. The van der Waals surface area contributed by atoms with Gasteiger partial charge in [-0.15, -0.1) is 0 Å². The highest BCUT2D eigenvalue weighted by Gasteiger charge is 2.13. The molecule has 1 amide bonds. The van der Waals surface area contributed by atoms with E-state index in [1.54, 1.807) is 10.9 Å². The summed E-state index contributed by atoms with van der Waals surface area (Å²) in [6, 6.07) is 5.42. The molecular weight excluding hydrogens is 247 g/mol. The molecule has 2 aromatic rings. The van der Waals surface area contributed by atoms with Crippen molar-refractivity contribution in [1.82, 2.24) is 15.1 Å². The van der Waals surface area contributed by atoms with Gasteiger partial charge in [0.2, 0.25) is 0 Å². The molecule has 6 heteroatoms. The second-order valence-corrected chi connectivity index (χ2v) is 4.33. The summed E-state index contributed by atoms with van der Waals surface area (Å²) in [7, 11) is 0. The number of hydrogen-bond acceptors (Lipinski definition) is 3. The van der Waals surface area contributed by atoms with Gasteiger partial charge in [0.1, 0.15) is 5.82 Å². The van der Waals surface area contributed by atoms with E-state index < -0.39 is 5.82 Å². The van der Waals surface area contributed by atoms with Crippen LogP contribution in [0.1, 0.15) is 17.3 Å². The van der Waals surface area contributed by atoms with E-state index in [1.807, 2.05) is 19.2 Å². The molecule has 0 saturated heterocycles. The van der Waals surface area contributed by atoms with Gasteiger partial charge in [0.25, 0.3) is 5.91 Å². The van der Waals surface area contributed by atoms with E-state index in [4.69, 9.17) is 5.73 Å². The molecule has 19 heavy (non-hydrogen) atoms. The summed E-state index contributed by atoms with van der Waals surface area (Å²) in [4.78, 5) is 12.0. The highest BCUT2D eigenvalue weighted by Crippen LogP contribution is 2.13. The molecule has 3 N–H and O–H groups in total. The maximum Gasteiger partial charge on any atom is 0.253 e. The lowest BCUT2D eigenvalue weighted by atomic mass is 10.1. The highest BCUT2D eigenvalue weighted by molar-refractivity contribution is 5.99. The predicted octanol–water partition coefficient (Wildman–Crippen LogP) is 1.42. The van der Waals surface area contributed by atoms with Gasteiger partial charge in [-0.1, -0.05) is 0 Å². The number of hydrogen-bond donors (Lipinski definition) is 2. The molecule has 0 spiro atoms. The number of carbonyl (C=O) groups excluding carboxylic acids is 1. The van der Waals surface area contributed by atoms with Crippen LogP contribution in [0.5, 0.6) is 0 Å². The van der Waals surface area contributed by atoms with Crippen LogP contribution in [0.4, 0.5) is 10.1 Å². The lowest BCUT2D eigenvalue weighted by molar-refractivity contribution is 0.0937. The summed E-state index contributed by atoms with van der Waals surface area (Å²) in [6.07, 6.45) is 3.49. The number of nitrogens with two attached hydrogens (primary N) is 1.